The molecule has 2 heterocycles. The molecule has 0 saturated heterocycles. The van der Waals surface area contributed by atoms with Crippen molar-refractivity contribution in [1.29, 1.82) is 0 Å². The standard InChI is InChI=1S/C28H33F4N2O3/c1-27(2,3)28(4,5)37-24-10-8-20(17-33-24)21(15-18-11-13-34(6)14-12-18)19-7-9-22(35-25(29)30)23(16-19)36-26(31)32/h7-14,16-17,21,25-26H,15H2,1-6H3/q+1. The van der Waals surface area contributed by atoms with Gasteiger partial charge in [0.1, 0.15) is 12.6 Å². The molecular formula is C28H33F4N2O3+. The molecule has 0 saturated carbocycles. The van der Waals surface area contributed by atoms with Gasteiger partial charge in [-0.1, -0.05) is 32.9 Å². The van der Waals surface area contributed by atoms with E-state index in [1.807, 2.05) is 56.1 Å². The molecule has 0 fully saturated rings. The highest BCUT2D eigenvalue weighted by Crippen LogP contribution is 2.38. The number of rotatable bonds is 10. The van der Waals surface area contributed by atoms with Crippen molar-refractivity contribution in [2.75, 3.05) is 0 Å². The van der Waals surface area contributed by atoms with E-state index < -0.39 is 30.3 Å². The summed E-state index contributed by atoms with van der Waals surface area (Å²) in [6.45, 7) is 3.85. The number of alkyl halides is 4. The molecule has 9 heteroatoms. The summed E-state index contributed by atoms with van der Waals surface area (Å²) >= 11 is 0. The normalized spacial score (nSPS) is 13.1. The highest BCUT2D eigenvalue weighted by molar-refractivity contribution is 5.47. The Morgan fingerprint density at radius 2 is 1.41 bits per heavy atom. The summed E-state index contributed by atoms with van der Waals surface area (Å²) in [4.78, 5) is 4.51. The first-order valence-corrected chi connectivity index (χ1v) is 11.9. The Morgan fingerprint density at radius 1 is 0.811 bits per heavy atom. The van der Waals surface area contributed by atoms with Crippen molar-refractivity contribution in [3.05, 3.63) is 77.7 Å². The van der Waals surface area contributed by atoms with Crippen molar-refractivity contribution >= 4 is 0 Å². The van der Waals surface area contributed by atoms with Crippen LogP contribution < -0.4 is 18.8 Å². The molecule has 5 nitrogen and oxygen atoms in total. The predicted molar refractivity (Wildman–Crippen MR) is 131 cm³/mol. The van der Waals surface area contributed by atoms with Gasteiger partial charge in [-0.2, -0.15) is 17.6 Å². The van der Waals surface area contributed by atoms with Crippen LogP contribution in [-0.2, 0) is 13.5 Å². The lowest BCUT2D eigenvalue weighted by atomic mass is 9.79. The molecule has 1 atom stereocenters. The molecule has 3 aromatic rings. The minimum Gasteiger partial charge on any atom is -0.471 e. The van der Waals surface area contributed by atoms with E-state index in [-0.39, 0.29) is 11.3 Å². The van der Waals surface area contributed by atoms with Crippen molar-refractivity contribution < 1.29 is 36.3 Å². The molecule has 37 heavy (non-hydrogen) atoms. The minimum atomic E-state index is -3.20. The summed E-state index contributed by atoms with van der Waals surface area (Å²) in [5, 5.41) is 0. The van der Waals surface area contributed by atoms with Gasteiger partial charge in [0.2, 0.25) is 5.88 Å². The number of hydrogen-bond acceptors (Lipinski definition) is 4. The van der Waals surface area contributed by atoms with Crippen LogP contribution in [-0.4, -0.2) is 23.8 Å². The first kappa shape index (κ1) is 28.2. The molecule has 1 aromatic carbocycles. The smallest absolute Gasteiger partial charge is 0.387 e. The van der Waals surface area contributed by atoms with Gasteiger partial charge in [-0.3, -0.25) is 0 Å². The average molecular weight is 522 g/mol. The molecule has 0 bridgehead atoms. The fraction of sp³-hybridized carbons (Fsp3) is 0.429. The molecule has 1 unspecified atom stereocenters. The molecule has 0 amide bonds. The molecule has 0 N–H and O–H groups in total. The summed E-state index contributed by atoms with van der Waals surface area (Å²) in [6, 6.07) is 11.6. The van der Waals surface area contributed by atoms with Crippen LogP contribution in [0.2, 0.25) is 0 Å². The number of aromatic nitrogens is 2. The van der Waals surface area contributed by atoms with Gasteiger partial charge < -0.3 is 14.2 Å². The zero-order valence-electron chi connectivity index (χ0n) is 21.8. The summed E-state index contributed by atoms with van der Waals surface area (Å²) in [5.41, 5.74) is 1.74. The van der Waals surface area contributed by atoms with E-state index in [4.69, 9.17) is 4.74 Å². The third-order valence-electron chi connectivity index (χ3n) is 6.62. The third kappa shape index (κ3) is 7.57. The van der Waals surface area contributed by atoms with Crippen LogP contribution in [0.5, 0.6) is 17.4 Å². The molecule has 200 valence electrons. The van der Waals surface area contributed by atoms with Crippen molar-refractivity contribution in [1.82, 2.24) is 4.98 Å². The molecule has 0 radical (unpaired) electrons. The average Bonchev–Trinajstić information content (AvgIpc) is 2.79. The van der Waals surface area contributed by atoms with E-state index in [2.05, 4.69) is 35.2 Å². The maximum absolute atomic E-state index is 13.1. The summed E-state index contributed by atoms with van der Waals surface area (Å²) in [5.74, 6) is -0.810. The largest absolute Gasteiger partial charge is 0.471 e. The molecule has 0 spiro atoms. The van der Waals surface area contributed by atoms with E-state index in [1.165, 1.54) is 12.1 Å². The minimum absolute atomic E-state index is 0.136. The first-order chi connectivity index (χ1) is 17.2. The van der Waals surface area contributed by atoms with E-state index in [0.29, 0.717) is 17.9 Å². The topological polar surface area (TPSA) is 44.5 Å². The summed E-state index contributed by atoms with van der Waals surface area (Å²) in [7, 11) is 1.90. The van der Waals surface area contributed by atoms with Gasteiger partial charge in [-0.15, -0.1) is 0 Å². The van der Waals surface area contributed by atoms with Crippen LogP contribution in [0, 0.1) is 5.41 Å². The van der Waals surface area contributed by atoms with E-state index >= 15 is 0 Å². The Bertz CT molecular complexity index is 1160. The van der Waals surface area contributed by atoms with Crippen LogP contribution >= 0.6 is 0 Å². The second kappa shape index (κ2) is 11.4. The number of halogens is 4. The van der Waals surface area contributed by atoms with Crippen LogP contribution in [0.4, 0.5) is 17.6 Å². The van der Waals surface area contributed by atoms with Gasteiger partial charge in [0, 0.05) is 35.7 Å². The number of benzene rings is 1. The molecule has 0 aliphatic carbocycles. The number of pyridine rings is 2. The number of nitrogens with zero attached hydrogens (tertiary/aromatic N) is 2. The lowest BCUT2D eigenvalue weighted by Gasteiger charge is -2.38. The summed E-state index contributed by atoms with van der Waals surface area (Å²) in [6.07, 6.45) is 5.99. The van der Waals surface area contributed by atoms with Gasteiger partial charge in [0.15, 0.2) is 23.9 Å². The Balaban J connectivity index is 2.00. The number of ether oxygens (including phenoxy) is 3. The van der Waals surface area contributed by atoms with E-state index in [1.54, 1.807) is 18.3 Å². The van der Waals surface area contributed by atoms with Crippen LogP contribution in [0.1, 0.15) is 57.2 Å². The van der Waals surface area contributed by atoms with Crippen molar-refractivity contribution in [3.63, 3.8) is 0 Å². The van der Waals surface area contributed by atoms with Gasteiger partial charge in [-0.25, -0.2) is 9.55 Å². The monoisotopic (exact) mass is 521 g/mol. The highest BCUT2D eigenvalue weighted by atomic mass is 19.3. The number of aryl methyl sites for hydroxylation is 1. The Morgan fingerprint density at radius 3 is 1.95 bits per heavy atom. The van der Waals surface area contributed by atoms with Gasteiger partial charge in [-0.05, 0) is 49.1 Å². The van der Waals surface area contributed by atoms with Crippen LogP contribution in [0.25, 0.3) is 0 Å². The molecule has 0 aliphatic heterocycles. The maximum atomic E-state index is 13.1. The predicted octanol–water partition coefficient (Wildman–Crippen LogP) is 6.69. The second-order valence-corrected chi connectivity index (χ2v) is 10.4. The second-order valence-electron chi connectivity index (χ2n) is 10.4. The van der Waals surface area contributed by atoms with Gasteiger partial charge in [0.25, 0.3) is 0 Å². The number of hydrogen-bond donors (Lipinski definition) is 0. The fourth-order valence-corrected chi connectivity index (χ4v) is 3.53. The highest BCUT2D eigenvalue weighted by Gasteiger charge is 2.35. The SMILES string of the molecule is C[n+]1ccc(CC(c2ccc(OC(C)(C)C(C)(C)C)nc2)c2ccc(OC(F)F)c(OC(F)F)c2)cc1. The van der Waals surface area contributed by atoms with E-state index in [9.17, 15) is 17.6 Å². The lowest BCUT2D eigenvalue weighted by Crippen LogP contribution is -2.42. The van der Waals surface area contributed by atoms with Gasteiger partial charge in [0.05, 0.1) is 0 Å². The molecule has 2 aromatic heterocycles. The van der Waals surface area contributed by atoms with Crippen LogP contribution in [0.15, 0.2) is 61.1 Å². The molecule has 3 rings (SSSR count). The van der Waals surface area contributed by atoms with Gasteiger partial charge >= 0.3 is 13.2 Å². The lowest BCUT2D eigenvalue weighted by molar-refractivity contribution is -0.671. The summed E-state index contributed by atoms with van der Waals surface area (Å²) < 4.78 is 68.7. The Kier molecular flexibility index (Phi) is 8.66. The maximum Gasteiger partial charge on any atom is 0.387 e. The third-order valence-corrected chi connectivity index (χ3v) is 6.62. The van der Waals surface area contributed by atoms with Crippen LogP contribution in [0.3, 0.4) is 0 Å². The van der Waals surface area contributed by atoms with E-state index in [0.717, 1.165) is 11.1 Å². The quantitative estimate of drug-likeness (QED) is 0.220. The fourth-order valence-electron chi connectivity index (χ4n) is 3.53. The van der Waals surface area contributed by atoms with Crippen molar-refractivity contribution in [2.45, 2.75) is 65.8 Å². The first-order valence-electron chi connectivity index (χ1n) is 11.9. The zero-order chi connectivity index (χ0) is 27.4. The molecule has 0 aliphatic rings. The Labute approximate surface area is 215 Å². The van der Waals surface area contributed by atoms with Crippen molar-refractivity contribution in [3.8, 4) is 17.4 Å². The van der Waals surface area contributed by atoms with Crippen molar-refractivity contribution in [2.24, 2.45) is 12.5 Å². The molecular weight excluding hydrogens is 488 g/mol. The zero-order valence-corrected chi connectivity index (χ0v) is 21.8. The Hall–Kier alpha value is -3.36.